The molecule has 0 spiro atoms. The van der Waals surface area contributed by atoms with Crippen molar-refractivity contribution in [2.45, 2.75) is 26.2 Å². The lowest BCUT2D eigenvalue weighted by atomic mass is 9.87. The first-order valence-electron chi connectivity index (χ1n) is 9.06. The first-order chi connectivity index (χ1) is 13.7. The zero-order valence-corrected chi connectivity index (χ0v) is 17.0. The van der Waals surface area contributed by atoms with E-state index in [4.69, 9.17) is 14.2 Å². The van der Waals surface area contributed by atoms with Gasteiger partial charge in [-0.15, -0.1) is 0 Å². The van der Waals surface area contributed by atoms with E-state index >= 15 is 0 Å². The van der Waals surface area contributed by atoms with Gasteiger partial charge in [0.05, 0.1) is 7.11 Å². The van der Waals surface area contributed by atoms with Crippen LogP contribution in [0.4, 0.5) is 0 Å². The van der Waals surface area contributed by atoms with E-state index in [0.717, 1.165) is 5.56 Å². The number of methoxy groups -OCH3 is 1. The summed E-state index contributed by atoms with van der Waals surface area (Å²) in [6, 6.07) is 13.6. The lowest BCUT2D eigenvalue weighted by molar-refractivity contribution is -0.150. The Morgan fingerprint density at radius 1 is 0.862 bits per heavy atom. The summed E-state index contributed by atoms with van der Waals surface area (Å²) in [5, 5.41) is 2.19. The second-order valence-corrected chi connectivity index (χ2v) is 7.33. The number of benzene rings is 2. The molecule has 154 valence electrons. The minimum atomic E-state index is -0.724. The first-order valence-corrected chi connectivity index (χ1v) is 9.06. The highest BCUT2D eigenvalue weighted by atomic mass is 16.6. The number of amides is 2. The summed E-state index contributed by atoms with van der Waals surface area (Å²) in [6.07, 6.45) is 0. The second kappa shape index (κ2) is 9.73. The van der Waals surface area contributed by atoms with E-state index in [1.54, 1.807) is 43.5 Å². The Balaban J connectivity index is 1.75. The van der Waals surface area contributed by atoms with Gasteiger partial charge in [-0.25, -0.2) is 4.79 Å². The average Bonchev–Trinajstić information content (AvgIpc) is 2.70. The minimum Gasteiger partial charge on any atom is -0.497 e. The summed E-state index contributed by atoms with van der Waals surface area (Å²) in [7, 11) is 1.55. The number of hydrogen-bond donors (Lipinski definition) is 1. The molecule has 2 aromatic rings. The van der Waals surface area contributed by atoms with Gasteiger partial charge in [-0.3, -0.25) is 14.9 Å². The lowest BCUT2D eigenvalue weighted by Crippen LogP contribution is -2.34. The Hall–Kier alpha value is -3.35. The third-order valence-corrected chi connectivity index (χ3v) is 4.05. The van der Waals surface area contributed by atoms with Crippen molar-refractivity contribution in [3.05, 3.63) is 59.7 Å². The maximum absolute atomic E-state index is 12.1. The van der Waals surface area contributed by atoms with Crippen LogP contribution in [0.15, 0.2) is 48.5 Å². The van der Waals surface area contributed by atoms with Gasteiger partial charge in [0.15, 0.2) is 13.2 Å². The molecule has 2 aromatic carbocycles. The van der Waals surface area contributed by atoms with Crippen LogP contribution in [0.2, 0.25) is 0 Å². The number of hydrogen-bond acceptors (Lipinski definition) is 6. The van der Waals surface area contributed by atoms with Crippen LogP contribution in [-0.4, -0.2) is 38.1 Å². The van der Waals surface area contributed by atoms with Gasteiger partial charge in [0.25, 0.3) is 11.8 Å². The Bertz CT molecular complexity index is 850. The van der Waals surface area contributed by atoms with E-state index in [1.807, 2.05) is 12.1 Å². The van der Waals surface area contributed by atoms with Crippen molar-refractivity contribution in [2.75, 3.05) is 20.3 Å². The number of esters is 1. The van der Waals surface area contributed by atoms with Gasteiger partial charge in [-0.1, -0.05) is 32.9 Å². The molecule has 0 saturated carbocycles. The molecular formula is C22H25NO6. The number of ether oxygens (including phenoxy) is 3. The monoisotopic (exact) mass is 399 g/mol. The van der Waals surface area contributed by atoms with E-state index in [9.17, 15) is 14.4 Å². The van der Waals surface area contributed by atoms with Gasteiger partial charge in [0.1, 0.15) is 11.5 Å². The Morgan fingerprint density at radius 2 is 1.45 bits per heavy atom. The van der Waals surface area contributed by atoms with Crippen LogP contribution in [0.3, 0.4) is 0 Å². The summed E-state index contributed by atoms with van der Waals surface area (Å²) in [6.45, 7) is 5.27. The molecule has 29 heavy (non-hydrogen) atoms. The molecule has 2 amide bonds. The Morgan fingerprint density at radius 3 is 2.00 bits per heavy atom. The minimum absolute atomic E-state index is 0.0348. The van der Waals surface area contributed by atoms with Gasteiger partial charge in [0, 0.05) is 5.56 Å². The molecule has 0 saturated heterocycles. The van der Waals surface area contributed by atoms with E-state index < -0.39 is 24.4 Å². The lowest BCUT2D eigenvalue weighted by Gasteiger charge is -2.19. The fourth-order valence-electron chi connectivity index (χ4n) is 2.36. The smallest absolute Gasteiger partial charge is 0.344 e. The molecule has 0 atom stereocenters. The van der Waals surface area contributed by atoms with Gasteiger partial charge in [0.2, 0.25) is 0 Å². The fraction of sp³-hybridized carbons (Fsp3) is 0.318. The molecule has 0 aliphatic rings. The van der Waals surface area contributed by atoms with E-state index in [-0.39, 0.29) is 12.0 Å². The fourth-order valence-corrected chi connectivity index (χ4v) is 2.36. The molecule has 0 bridgehead atoms. The third kappa shape index (κ3) is 6.95. The zero-order chi connectivity index (χ0) is 21.4. The predicted octanol–water partition coefficient (Wildman–Crippen LogP) is 2.87. The van der Waals surface area contributed by atoms with Crippen LogP contribution >= 0.6 is 0 Å². The molecular weight excluding hydrogens is 374 g/mol. The van der Waals surface area contributed by atoms with Gasteiger partial charge in [-0.2, -0.15) is 0 Å². The summed E-state index contributed by atoms with van der Waals surface area (Å²) < 4.78 is 15.1. The highest BCUT2D eigenvalue weighted by Crippen LogP contribution is 2.22. The van der Waals surface area contributed by atoms with Gasteiger partial charge in [-0.05, 0) is 47.4 Å². The summed E-state index contributed by atoms with van der Waals surface area (Å²) in [5.74, 6) is -0.873. The van der Waals surface area contributed by atoms with Gasteiger partial charge < -0.3 is 14.2 Å². The van der Waals surface area contributed by atoms with Crippen LogP contribution in [0.5, 0.6) is 11.5 Å². The maximum Gasteiger partial charge on any atom is 0.344 e. The molecule has 7 nitrogen and oxygen atoms in total. The molecule has 0 unspecified atom stereocenters. The number of rotatable bonds is 7. The van der Waals surface area contributed by atoms with Crippen molar-refractivity contribution in [1.29, 1.82) is 0 Å². The van der Waals surface area contributed by atoms with Crippen molar-refractivity contribution < 1.29 is 28.6 Å². The molecule has 0 aliphatic heterocycles. The topological polar surface area (TPSA) is 90.9 Å². The quantitative estimate of drug-likeness (QED) is 0.720. The number of nitrogens with one attached hydrogen (secondary N) is 1. The molecule has 0 fully saturated rings. The summed E-state index contributed by atoms with van der Waals surface area (Å²) in [5.41, 5.74) is 1.39. The molecule has 7 heteroatoms. The highest BCUT2D eigenvalue weighted by Gasteiger charge is 2.16. The van der Waals surface area contributed by atoms with E-state index in [0.29, 0.717) is 17.1 Å². The summed E-state index contributed by atoms with van der Waals surface area (Å²) >= 11 is 0. The molecule has 0 aliphatic carbocycles. The SMILES string of the molecule is COc1ccc(OCC(=O)OCC(=O)NC(=O)c2ccc(C(C)(C)C)cc2)cc1. The normalized spacial score (nSPS) is 10.8. The predicted molar refractivity (Wildman–Crippen MR) is 107 cm³/mol. The zero-order valence-electron chi connectivity index (χ0n) is 17.0. The molecule has 2 rings (SSSR count). The maximum atomic E-state index is 12.1. The molecule has 0 heterocycles. The molecule has 1 N–H and O–H groups in total. The highest BCUT2D eigenvalue weighted by molar-refractivity contribution is 6.05. The number of imide groups is 1. The largest absolute Gasteiger partial charge is 0.497 e. The Labute approximate surface area is 170 Å². The van der Waals surface area contributed by atoms with Gasteiger partial charge >= 0.3 is 5.97 Å². The van der Waals surface area contributed by atoms with Crippen LogP contribution < -0.4 is 14.8 Å². The third-order valence-electron chi connectivity index (χ3n) is 4.05. The van der Waals surface area contributed by atoms with Crippen LogP contribution in [0, 0.1) is 0 Å². The Kier molecular flexibility index (Phi) is 7.36. The average molecular weight is 399 g/mol. The van der Waals surface area contributed by atoms with Crippen molar-refractivity contribution in [3.8, 4) is 11.5 Å². The standard InChI is InChI=1S/C22H25NO6/c1-22(2,3)16-7-5-15(6-8-16)21(26)23-19(24)13-29-20(25)14-28-18-11-9-17(27-4)10-12-18/h5-12H,13-14H2,1-4H3,(H,23,24,26). The number of carbonyl (C=O) groups is 3. The first kappa shape index (κ1) is 21.9. The van der Waals surface area contributed by atoms with Crippen LogP contribution in [-0.2, 0) is 19.7 Å². The van der Waals surface area contributed by atoms with Crippen LogP contribution in [0.25, 0.3) is 0 Å². The number of carbonyl (C=O) groups excluding carboxylic acids is 3. The second-order valence-electron chi connectivity index (χ2n) is 7.33. The van der Waals surface area contributed by atoms with E-state index in [2.05, 4.69) is 26.1 Å². The molecule has 0 radical (unpaired) electrons. The van der Waals surface area contributed by atoms with Crippen molar-refractivity contribution in [2.24, 2.45) is 0 Å². The van der Waals surface area contributed by atoms with E-state index in [1.165, 1.54) is 0 Å². The molecule has 0 aromatic heterocycles. The van der Waals surface area contributed by atoms with Crippen molar-refractivity contribution in [3.63, 3.8) is 0 Å². The summed E-state index contributed by atoms with van der Waals surface area (Å²) in [4.78, 5) is 35.6. The van der Waals surface area contributed by atoms with Crippen molar-refractivity contribution in [1.82, 2.24) is 5.32 Å². The van der Waals surface area contributed by atoms with Crippen LogP contribution in [0.1, 0.15) is 36.7 Å². The van der Waals surface area contributed by atoms with Crippen molar-refractivity contribution >= 4 is 17.8 Å².